The Morgan fingerprint density at radius 1 is 0.647 bits per heavy atom. The molecule has 196 valence electrons. The number of amides is 2. The smallest absolute Gasteiger partial charge is 0.223 e. The van der Waals surface area contributed by atoms with Crippen LogP contribution in [0.1, 0.15) is 136 Å². The third-order valence-electron chi connectivity index (χ3n) is 9.87. The normalized spacial score (nSPS) is 23.8. The highest BCUT2D eigenvalue weighted by Gasteiger charge is 2.39. The molecule has 0 bridgehead atoms. The van der Waals surface area contributed by atoms with E-state index in [1.54, 1.807) is 0 Å². The Balaban J connectivity index is 1.55. The summed E-state index contributed by atoms with van der Waals surface area (Å²) in [5, 5.41) is 0. The molecule has 3 saturated carbocycles. The Morgan fingerprint density at radius 2 is 1.00 bits per heavy atom. The van der Waals surface area contributed by atoms with E-state index >= 15 is 0 Å². The summed E-state index contributed by atoms with van der Waals surface area (Å²) in [5.74, 6) is 2.08. The molecule has 0 heterocycles. The van der Waals surface area contributed by atoms with Crippen molar-refractivity contribution in [2.75, 3.05) is 14.1 Å². The number of carbonyl (C=O) groups excluding carboxylic acids is 2. The zero-order valence-corrected chi connectivity index (χ0v) is 23.0. The van der Waals surface area contributed by atoms with Gasteiger partial charge in [0.2, 0.25) is 11.8 Å². The van der Waals surface area contributed by atoms with Crippen LogP contribution >= 0.6 is 0 Å². The van der Waals surface area contributed by atoms with Gasteiger partial charge in [-0.25, -0.2) is 0 Å². The number of rotatable bonds is 10. The summed E-state index contributed by atoms with van der Waals surface area (Å²) in [7, 11) is 4.01. The molecule has 0 aromatic heterocycles. The summed E-state index contributed by atoms with van der Waals surface area (Å²) in [6.07, 6.45) is 22.5. The summed E-state index contributed by atoms with van der Waals surface area (Å²) < 4.78 is 0. The molecule has 0 aromatic carbocycles. The summed E-state index contributed by atoms with van der Waals surface area (Å²) in [5.41, 5.74) is -0.135. The van der Waals surface area contributed by atoms with Crippen LogP contribution < -0.4 is 0 Å². The summed E-state index contributed by atoms with van der Waals surface area (Å²) in [4.78, 5) is 30.9. The van der Waals surface area contributed by atoms with Gasteiger partial charge in [-0.2, -0.15) is 0 Å². The summed E-state index contributed by atoms with van der Waals surface area (Å²) in [6, 6.07) is 0.593. The van der Waals surface area contributed by atoms with Crippen LogP contribution in [0.15, 0.2) is 0 Å². The monoisotopic (exact) mass is 474 g/mol. The molecule has 3 fully saturated rings. The second-order valence-electron chi connectivity index (χ2n) is 12.6. The molecule has 4 nitrogen and oxygen atoms in total. The first-order valence-electron chi connectivity index (χ1n) is 14.8. The molecule has 2 atom stereocenters. The van der Waals surface area contributed by atoms with E-state index in [0.717, 1.165) is 50.4 Å². The molecule has 4 heteroatoms. The molecule has 3 aliphatic rings. The third kappa shape index (κ3) is 7.98. The predicted molar refractivity (Wildman–Crippen MR) is 142 cm³/mol. The van der Waals surface area contributed by atoms with E-state index in [4.69, 9.17) is 0 Å². The van der Waals surface area contributed by atoms with Gasteiger partial charge in [-0.1, -0.05) is 83.5 Å². The van der Waals surface area contributed by atoms with E-state index in [9.17, 15) is 9.59 Å². The molecule has 2 unspecified atom stereocenters. The maximum atomic E-state index is 13.4. The Morgan fingerprint density at radius 3 is 1.38 bits per heavy atom. The van der Waals surface area contributed by atoms with E-state index in [1.165, 1.54) is 70.6 Å². The fourth-order valence-electron chi connectivity index (χ4n) is 7.23. The molecule has 0 N–H and O–H groups in total. The highest BCUT2D eigenvalue weighted by atomic mass is 16.2. The number of carbonyl (C=O) groups is 2. The topological polar surface area (TPSA) is 40.6 Å². The zero-order valence-electron chi connectivity index (χ0n) is 23.0. The molecule has 0 aliphatic heterocycles. The van der Waals surface area contributed by atoms with Gasteiger partial charge in [0.1, 0.15) is 0 Å². The van der Waals surface area contributed by atoms with Crippen LogP contribution in [0.2, 0.25) is 0 Å². The quantitative estimate of drug-likeness (QED) is 0.332. The van der Waals surface area contributed by atoms with E-state index in [-0.39, 0.29) is 17.2 Å². The second-order valence-corrected chi connectivity index (χ2v) is 12.6. The van der Waals surface area contributed by atoms with Crippen LogP contribution in [0.5, 0.6) is 0 Å². The van der Waals surface area contributed by atoms with Crippen LogP contribution in [0, 0.1) is 17.3 Å². The lowest BCUT2D eigenvalue weighted by atomic mass is 9.69. The molecule has 0 aromatic rings. The van der Waals surface area contributed by atoms with E-state index in [1.807, 2.05) is 23.9 Å². The Kier molecular flexibility index (Phi) is 10.8. The van der Waals surface area contributed by atoms with Crippen LogP contribution in [-0.4, -0.2) is 47.8 Å². The zero-order chi connectivity index (χ0) is 24.6. The van der Waals surface area contributed by atoms with E-state index in [2.05, 4.69) is 13.8 Å². The van der Waals surface area contributed by atoms with Crippen molar-refractivity contribution < 1.29 is 9.59 Å². The maximum Gasteiger partial charge on any atom is 0.223 e. The molecule has 0 spiro atoms. The molecule has 3 aliphatic carbocycles. The van der Waals surface area contributed by atoms with Gasteiger partial charge < -0.3 is 9.80 Å². The summed E-state index contributed by atoms with van der Waals surface area (Å²) >= 11 is 0. The number of nitrogens with zero attached hydrogens (tertiary/aromatic N) is 2. The molecule has 0 saturated heterocycles. The number of hydrogen-bond acceptors (Lipinski definition) is 2. The van der Waals surface area contributed by atoms with Gasteiger partial charge in [0.15, 0.2) is 0 Å². The first kappa shape index (κ1) is 27.5. The van der Waals surface area contributed by atoms with Crippen molar-refractivity contribution in [2.24, 2.45) is 17.3 Å². The highest BCUT2D eigenvalue weighted by Crippen LogP contribution is 2.43. The Hall–Kier alpha value is -1.06. The standard InChI is InChI=1S/C30H54N2O2/c1-24(20-26-14-8-5-9-15-26)31(3)28(33)22-30(18-12-7-13-19-30)23-29(34)32(4)25(2)21-27-16-10-6-11-17-27/h24-27H,5-23H2,1-4H3. The van der Waals surface area contributed by atoms with E-state index in [0.29, 0.717) is 24.9 Å². The highest BCUT2D eigenvalue weighted by molar-refractivity contribution is 5.80. The molecule has 3 rings (SSSR count). The minimum absolute atomic E-state index is 0.135. The third-order valence-corrected chi connectivity index (χ3v) is 9.87. The minimum Gasteiger partial charge on any atom is -0.343 e. The lowest BCUT2D eigenvalue weighted by molar-refractivity contribution is -0.139. The average molecular weight is 475 g/mol. The molecule has 0 radical (unpaired) electrons. The fraction of sp³-hybridized carbons (Fsp3) is 0.933. The maximum absolute atomic E-state index is 13.4. The summed E-state index contributed by atoms with van der Waals surface area (Å²) in [6.45, 7) is 4.46. The lowest BCUT2D eigenvalue weighted by Crippen LogP contribution is -2.43. The van der Waals surface area contributed by atoms with Crippen molar-refractivity contribution in [1.29, 1.82) is 0 Å². The number of hydrogen-bond donors (Lipinski definition) is 0. The van der Waals surface area contributed by atoms with Crippen molar-refractivity contribution >= 4 is 11.8 Å². The van der Waals surface area contributed by atoms with Crippen molar-refractivity contribution in [1.82, 2.24) is 9.80 Å². The van der Waals surface area contributed by atoms with Gasteiger partial charge >= 0.3 is 0 Å². The molecule has 2 amide bonds. The first-order chi connectivity index (χ1) is 16.3. The van der Waals surface area contributed by atoms with Crippen LogP contribution in [0.3, 0.4) is 0 Å². The van der Waals surface area contributed by atoms with Gasteiger partial charge in [0.25, 0.3) is 0 Å². The predicted octanol–water partition coefficient (Wildman–Crippen LogP) is 7.35. The van der Waals surface area contributed by atoms with Gasteiger partial charge in [0.05, 0.1) is 0 Å². The van der Waals surface area contributed by atoms with Gasteiger partial charge in [-0.15, -0.1) is 0 Å². The van der Waals surface area contributed by atoms with E-state index < -0.39 is 0 Å². The molecular formula is C30H54N2O2. The van der Waals surface area contributed by atoms with Gasteiger partial charge in [-0.05, 0) is 56.8 Å². The Labute approximate surface area is 210 Å². The second kappa shape index (κ2) is 13.3. The van der Waals surface area contributed by atoms with Crippen LogP contribution in [-0.2, 0) is 9.59 Å². The van der Waals surface area contributed by atoms with Gasteiger partial charge in [-0.3, -0.25) is 9.59 Å². The fourth-order valence-corrected chi connectivity index (χ4v) is 7.23. The van der Waals surface area contributed by atoms with Crippen LogP contribution in [0.25, 0.3) is 0 Å². The minimum atomic E-state index is -0.135. The molecular weight excluding hydrogens is 420 g/mol. The van der Waals surface area contributed by atoms with Crippen molar-refractivity contribution in [2.45, 2.75) is 148 Å². The van der Waals surface area contributed by atoms with Crippen LogP contribution in [0.4, 0.5) is 0 Å². The first-order valence-corrected chi connectivity index (χ1v) is 14.8. The lowest BCUT2D eigenvalue weighted by Gasteiger charge is -2.40. The van der Waals surface area contributed by atoms with Crippen molar-refractivity contribution in [3.8, 4) is 0 Å². The largest absolute Gasteiger partial charge is 0.343 e. The average Bonchev–Trinajstić information content (AvgIpc) is 2.84. The molecule has 34 heavy (non-hydrogen) atoms. The van der Waals surface area contributed by atoms with Crippen molar-refractivity contribution in [3.63, 3.8) is 0 Å². The Bertz CT molecular complexity index is 582. The SMILES string of the molecule is CC(CC1CCCCC1)N(C)C(=O)CC1(CC(=O)N(C)C(C)CC2CCCCC2)CCCCC1. The van der Waals surface area contributed by atoms with Gasteiger partial charge in [0, 0.05) is 39.0 Å². The van der Waals surface area contributed by atoms with Crippen molar-refractivity contribution in [3.05, 3.63) is 0 Å².